The quantitative estimate of drug-likeness (QED) is 0.655. The van der Waals surface area contributed by atoms with Crippen molar-refractivity contribution in [1.29, 1.82) is 0 Å². The van der Waals surface area contributed by atoms with E-state index in [2.05, 4.69) is 10.6 Å². The van der Waals surface area contributed by atoms with Crippen LogP contribution in [0.15, 0.2) is 54.6 Å². The van der Waals surface area contributed by atoms with Crippen LogP contribution in [0.3, 0.4) is 0 Å². The number of para-hydroxylation sites is 1. The number of carboxylic acid groups (broad SMARTS) is 1. The van der Waals surface area contributed by atoms with E-state index in [0.29, 0.717) is 40.7 Å². The normalized spacial score (nSPS) is 17.4. The SMILES string of the molecule is O=C1N[C@H](C(=O)O)Cc2ccc(c(Cl)c2)OCC=CCNc2ccccc21. The van der Waals surface area contributed by atoms with Crippen molar-refractivity contribution in [2.75, 3.05) is 18.5 Å². The molecule has 0 aliphatic carbocycles. The molecule has 2 heterocycles. The molecule has 0 saturated heterocycles. The minimum Gasteiger partial charge on any atom is -0.488 e. The number of benzene rings is 2. The molecule has 140 valence electrons. The first-order valence-electron chi connectivity index (χ1n) is 8.47. The molecule has 2 aliphatic rings. The fraction of sp³-hybridized carbons (Fsp3) is 0.200. The average Bonchev–Trinajstić information content (AvgIpc) is 2.64. The minimum absolute atomic E-state index is 0.108. The molecule has 2 aliphatic heterocycles. The molecule has 2 aromatic carbocycles. The molecule has 3 N–H and O–H groups in total. The van der Waals surface area contributed by atoms with Gasteiger partial charge in [-0.05, 0) is 35.9 Å². The van der Waals surface area contributed by atoms with E-state index < -0.39 is 17.9 Å². The smallest absolute Gasteiger partial charge is 0.326 e. The summed E-state index contributed by atoms with van der Waals surface area (Å²) in [5.74, 6) is -1.05. The molecule has 0 spiro atoms. The number of carbonyl (C=O) groups excluding carboxylic acids is 1. The van der Waals surface area contributed by atoms with Crippen LogP contribution >= 0.6 is 11.6 Å². The number of carboxylic acids is 1. The van der Waals surface area contributed by atoms with Crippen LogP contribution in [0.25, 0.3) is 0 Å². The van der Waals surface area contributed by atoms with Crippen LogP contribution in [0, 0.1) is 0 Å². The Bertz CT molecular complexity index is 882. The van der Waals surface area contributed by atoms with Crippen LogP contribution in [0.2, 0.25) is 5.02 Å². The van der Waals surface area contributed by atoms with E-state index >= 15 is 0 Å². The Morgan fingerprint density at radius 1 is 1.19 bits per heavy atom. The summed E-state index contributed by atoms with van der Waals surface area (Å²) in [5, 5.41) is 15.7. The van der Waals surface area contributed by atoms with Crippen LogP contribution in [0.4, 0.5) is 5.69 Å². The summed E-state index contributed by atoms with van der Waals surface area (Å²) < 4.78 is 5.62. The fourth-order valence-electron chi connectivity index (χ4n) is 2.75. The van der Waals surface area contributed by atoms with Crippen LogP contribution in [0.1, 0.15) is 15.9 Å². The zero-order chi connectivity index (χ0) is 19.2. The Morgan fingerprint density at radius 3 is 2.78 bits per heavy atom. The van der Waals surface area contributed by atoms with Crippen LogP contribution in [-0.2, 0) is 11.2 Å². The molecule has 2 bridgehead atoms. The summed E-state index contributed by atoms with van der Waals surface area (Å²) in [6.07, 6.45) is 3.84. The maximum absolute atomic E-state index is 12.7. The lowest BCUT2D eigenvalue weighted by atomic mass is 10.0. The Balaban J connectivity index is 1.94. The van der Waals surface area contributed by atoms with Crippen molar-refractivity contribution in [2.45, 2.75) is 12.5 Å². The predicted octanol–water partition coefficient (Wildman–Crippen LogP) is 3.13. The van der Waals surface area contributed by atoms with Gasteiger partial charge >= 0.3 is 5.97 Å². The lowest BCUT2D eigenvalue weighted by Gasteiger charge is -2.17. The van der Waals surface area contributed by atoms with Gasteiger partial charge in [-0.15, -0.1) is 0 Å². The molecule has 0 saturated carbocycles. The van der Waals surface area contributed by atoms with Gasteiger partial charge in [0.1, 0.15) is 18.4 Å². The Labute approximate surface area is 161 Å². The van der Waals surface area contributed by atoms with E-state index in [0.717, 1.165) is 0 Å². The number of hydrogen-bond acceptors (Lipinski definition) is 4. The van der Waals surface area contributed by atoms with E-state index in [-0.39, 0.29) is 6.42 Å². The van der Waals surface area contributed by atoms with E-state index in [4.69, 9.17) is 16.3 Å². The zero-order valence-electron chi connectivity index (χ0n) is 14.4. The minimum atomic E-state index is -1.12. The molecule has 1 amide bonds. The molecule has 1 atom stereocenters. The summed E-state index contributed by atoms with van der Waals surface area (Å²) >= 11 is 6.22. The summed E-state index contributed by atoms with van der Waals surface area (Å²) in [6.45, 7) is 0.837. The Hall–Kier alpha value is -2.99. The average molecular weight is 387 g/mol. The predicted molar refractivity (Wildman–Crippen MR) is 104 cm³/mol. The molecule has 6 nitrogen and oxygen atoms in total. The molecule has 0 unspecified atom stereocenters. The number of fused-ring (bicyclic) bond motifs is 9. The molecular weight excluding hydrogens is 368 g/mol. The van der Waals surface area contributed by atoms with Crippen LogP contribution < -0.4 is 15.4 Å². The van der Waals surface area contributed by atoms with E-state index in [1.165, 1.54) is 0 Å². The number of aliphatic carboxylic acids is 1. The highest BCUT2D eigenvalue weighted by atomic mass is 35.5. The summed E-state index contributed by atoms with van der Waals surface area (Å²) in [5.41, 5.74) is 1.70. The summed E-state index contributed by atoms with van der Waals surface area (Å²) in [7, 11) is 0. The molecule has 0 radical (unpaired) electrons. The second kappa shape index (κ2) is 8.60. The van der Waals surface area contributed by atoms with Crippen molar-refractivity contribution in [3.05, 3.63) is 70.8 Å². The van der Waals surface area contributed by atoms with Gasteiger partial charge in [-0.25, -0.2) is 4.79 Å². The lowest BCUT2D eigenvalue weighted by molar-refractivity contribution is -0.139. The highest BCUT2D eigenvalue weighted by molar-refractivity contribution is 6.32. The largest absolute Gasteiger partial charge is 0.488 e. The third-order valence-electron chi connectivity index (χ3n) is 4.12. The van der Waals surface area contributed by atoms with Gasteiger partial charge in [0.05, 0.1) is 10.6 Å². The maximum Gasteiger partial charge on any atom is 0.326 e. The van der Waals surface area contributed by atoms with Crippen molar-refractivity contribution >= 4 is 29.2 Å². The van der Waals surface area contributed by atoms with Gasteiger partial charge in [-0.1, -0.05) is 35.9 Å². The summed E-state index contributed by atoms with van der Waals surface area (Å²) in [6, 6.07) is 11.0. The molecule has 7 heteroatoms. The molecule has 27 heavy (non-hydrogen) atoms. The molecule has 4 rings (SSSR count). The zero-order valence-corrected chi connectivity index (χ0v) is 15.2. The fourth-order valence-corrected chi connectivity index (χ4v) is 3.01. The lowest BCUT2D eigenvalue weighted by Crippen LogP contribution is -2.42. The van der Waals surface area contributed by atoms with E-state index in [1.807, 2.05) is 18.2 Å². The van der Waals surface area contributed by atoms with Gasteiger partial charge in [0.15, 0.2) is 0 Å². The maximum atomic E-state index is 12.7. The number of amides is 1. The van der Waals surface area contributed by atoms with Gasteiger partial charge in [0.25, 0.3) is 5.91 Å². The number of rotatable bonds is 1. The van der Waals surface area contributed by atoms with Gasteiger partial charge < -0.3 is 20.5 Å². The standard InChI is InChI=1S/C20H19ClN2O4/c21-15-11-13-7-8-18(15)27-10-4-3-9-22-16-6-2-1-5-14(16)19(24)23-17(12-13)20(25)26/h1-8,11,17,22H,9-10,12H2,(H,23,24)(H,25,26)/t17-/m0/s1. The van der Waals surface area contributed by atoms with Crippen molar-refractivity contribution in [3.8, 4) is 5.75 Å². The number of nitrogens with one attached hydrogen (secondary N) is 2. The molecule has 2 aromatic rings. The third-order valence-corrected chi connectivity index (χ3v) is 4.42. The summed E-state index contributed by atoms with van der Waals surface area (Å²) in [4.78, 5) is 24.3. The topological polar surface area (TPSA) is 87.7 Å². The van der Waals surface area contributed by atoms with Crippen molar-refractivity contribution in [3.63, 3.8) is 0 Å². The Morgan fingerprint density at radius 2 is 2.00 bits per heavy atom. The molecule has 0 aromatic heterocycles. The highest BCUT2D eigenvalue weighted by Gasteiger charge is 2.23. The first-order chi connectivity index (χ1) is 13.0. The number of halogens is 1. The number of anilines is 1. The second-order valence-electron chi connectivity index (χ2n) is 6.04. The second-order valence-corrected chi connectivity index (χ2v) is 6.45. The van der Waals surface area contributed by atoms with E-state index in [9.17, 15) is 14.7 Å². The first-order valence-corrected chi connectivity index (χ1v) is 8.85. The van der Waals surface area contributed by atoms with Gasteiger partial charge in [-0.2, -0.15) is 0 Å². The highest BCUT2D eigenvalue weighted by Crippen LogP contribution is 2.26. The van der Waals surface area contributed by atoms with E-state index in [1.54, 1.807) is 36.4 Å². The molecule has 0 fully saturated rings. The monoisotopic (exact) mass is 386 g/mol. The number of carbonyl (C=O) groups is 2. The van der Waals surface area contributed by atoms with Gasteiger partial charge in [-0.3, -0.25) is 4.79 Å². The number of ether oxygens (including phenoxy) is 1. The van der Waals surface area contributed by atoms with Gasteiger partial charge in [0.2, 0.25) is 0 Å². The van der Waals surface area contributed by atoms with Crippen LogP contribution in [-0.4, -0.2) is 36.2 Å². The van der Waals surface area contributed by atoms with Crippen molar-refractivity contribution < 1.29 is 19.4 Å². The van der Waals surface area contributed by atoms with Crippen molar-refractivity contribution in [1.82, 2.24) is 5.32 Å². The first kappa shape index (κ1) is 18.8. The number of hydrogen-bond donors (Lipinski definition) is 3. The van der Waals surface area contributed by atoms with Crippen molar-refractivity contribution in [2.24, 2.45) is 0 Å². The van der Waals surface area contributed by atoms with Crippen LogP contribution in [0.5, 0.6) is 5.75 Å². The van der Waals surface area contributed by atoms with Gasteiger partial charge in [0, 0.05) is 18.7 Å². The molecular formula is C20H19ClN2O4. The Kier molecular flexibility index (Phi) is 5.98. The third kappa shape index (κ3) is 4.80.